The molecule has 0 radical (unpaired) electrons. The molecule has 23 heavy (non-hydrogen) atoms. The van der Waals surface area contributed by atoms with Crippen molar-refractivity contribution in [2.24, 2.45) is 0 Å². The number of hydrogen-bond donors (Lipinski definition) is 2. The van der Waals surface area contributed by atoms with E-state index in [9.17, 15) is 9.18 Å². The molecule has 0 unspecified atom stereocenters. The molecule has 114 valence electrons. The maximum absolute atomic E-state index is 13.2. The Morgan fingerprint density at radius 1 is 0.783 bits per heavy atom. The van der Waals surface area contributed by atoms with Gasteiger partial charge in [0.1, 0.15) is 5.82 Å². The molecule has 3 rings (SSSR count). The molecule has 3 nitrogen and oxygen atoms in total. The van der Waals surface area contributed by atoms with Crippen molar-refractivity contribution in [1.82, 2.24) is 0 Å². The normalized spacial score (nSPS) is 10.1. The van der Waals surface area contributed by atoms with E-state index in [4.69, 9.17) is 0 Å². The number of carbonyl (C=O) groups is 1. The molecule has 4 heteroatoms. The second-order valence-electron chi connectivity index (χ2n) is 5.00. The van der Waals surface area contributed by atoms with E-state index in [-0.39, 0.29) is 5.91 Å². The zero-order valence-corrected chi connectivity index (χ0v) is 12.3. The van der Waals surface area contributed by atoms with Gasteiger partial charge in [0.05, 0.1) is 11.3 Å². The summed E-state index contributed by atoms with van der Waals surface area (Å²) in [6, 6.07) is 22.6. The van der Waals surface area contributed by atoms with Gasteiger partial charge >= 0.3 is 0 Å². The minimum Gasteiger partial charge on any atom is -0.355 e. The Labute approximate surface area is 133 Å². The molecule has 0 aliphatic heterocycles. The van der Waals surface area contributed by atoms with Gasteiger partial charge in [0.25, 0.3) is 5.91 Å². The number of anilines is 3. The van der Waals surface area contributed by atoms with Crippen LogP contribution in [0.1, 0.15) is 10.4 Å². The SMILES string of the molecule is O=C(Nc1cccc(F)c1)c1ccccc1Nc1ccccc1. The van der Waals surface area contributed by atoms with Gasteiger partial charge in [-0.1, -0.05) is 36.4 Å². The first-order valence-corrected chi connectivity index (χ1v) is 7.20. The van der Waals surface area contributed by atoms with Gasteiger partial charge in [0.2, 0.25) is 0 Å². The number of halogens is 1. The van der Waals surface area contributed by atoms with E-state index < -0.39 is 5.82 Å². The van der Waals surface area contributed by atoms with E-state index in [0.717, 1.165) is 5.69 Å². The number of carbonyl (C=O) groups excluding carboxylic acids is 1. The maximum atomic E-state index is 13.2. The van der Waals surface area contributed by atoms with Crippen LogP contribution < -0.4 is 10.6 Å². The zero-order chi connectivity index (χ0) is 16.1. The van der Waals surface area contributed by atoms with Crippen LogP contribution in [0, 0.1) is 5.82 Å². The molecule has 0 saturated carbocycles. The van der Waals surface area contributed by atoms with E-state index in [1.807, 2.05) is 42.5 Å². The molecule has 1 amide bonds. The number of para-hydroxylation sites is 2. The lowest BCUT2D eigenvalue weighted by molar-refractivity contribution is 0.102. The Kier molecular flexibility index (Phi) is 4.34. The van der Waals surface area contributed by atoms with Gasteiger partial charge in [-0.15, -0.1) is 0 Å². The monoisotopic (exact) mass is 306 g/mol. The van der Waals surface area contributed by atoms with Gasteiger partial charge in [-0.3, -0.25) is 4.79 Å². The molecule has 0 fully saturated rings. The molecular formula is C19H15FN2O. The van der Waals surface area contributed by atoms with Crippen molar-refractivity contribution >= 4 is 23.0 Å². The third-order valence-electron chi connectivity index (χ3n) is 3.31. The Hall–Kier alpha value is -3.14. The Morgan fingerprint density at radius 2 is 1.48 bits per heavy atom. The molecule has 0 aliphatic rings. The van der Waals surface area contributed by atoms with Gasteiger partial charge in [-0.2, -0.15) is 0 Å². The highest BCUT2D eigenvalue weighted by Gasteiger charge is 2.11. The second kappa shape index (κ2) is 6.75. The Morgan fingerprint density at radius 3 is 2.26 bits per heavy atom. The average molecular weight is 306 g/mol. The topological polar surface area (TPSA) is 41.1 Å². The zero-order valence-electron chi connectivity index (χ0n) is 12.3. The smallest absolute Gasteiger partial charge is 0.257 e. The first-order chi connectivity index (χ1) is 11.2. The summed E-state index contributed by atoms with van der Waals surface area (Å²) in [5, 5.41) is 5.92. The second-order valence-corrected chi connectivity index (χ2v) is 5.00. The fraction of sp³-hybridized carbons (Fsp3) is 0. The summed E-state index contributed by atoms with van der Waals surface area (Å²) in [6.45, 7) is 0. The van der Waals surface area contributed by atoms with Crippen LogP contribution >= 0.6 is 0 Å². The Bertz CT molecular complexity index is 818. The minimum absolute atomic E-state index is 0.297. The van der Waals surface area contributed by atoms with Crippen molar-refractivity contribution < 1.29 is 9.18 Å². The van der Waals surface area contributed by atoms with E-state index in [1.54, 1.807) is 24.3 Å². The van der Waals surface area contributed by atoms with Crippen molar-refractivity contribution in [2.45, 2.75) is 0 Å². The maximum Gasteiger partial charge on any atom is 0.257 e. The number of amides is 1. The summed E-state index contributed by atoms with van der Waals surface area (Å²) >= 11 is 0. The van der Waals surface area contributed by atoms with Gasteiger partial charge in [0, 0.05) is 11.4 Å². The van der Waals surface area contributed by atoms with Crippen LogP contribution in [-0.2, 0) is 0 Å². The van der Waals surface area contributed by atoms with Crippen molar-refractivity contribution in [3.63, 3.8) is 0 Å². The predicted octanol–water partition coefficient (Wildman–Crippen LogP) is 4.82. The summed E-state index contributed by atoms with van der Waals surface area (Å²) in [7, 11) is 0. The van der Waals surface area contributed by atoms with Crippen LogP contribution in [0.3, 0.4) is 0 Å². The molecule has 3 aromatic carbocycles. The van der Waals surface area contributed by atoms with Crippen molar-refractivity contribution in [3.8, 4) is 0 Å². The van der Waals surface area contributed by atoms with Crippen LogP contribution in [0.15, 0.2) is 78.9 Å². The standard InChI is InChI=1S/C19H15FN2O/c20-14-7-6-10-16(13-14)22-19(23)17-11-4-5-12-18(17)21-15-8-2-1-3-9-15/h1-13,21H,(H,22,23). The summed E-state index contributed by atoms with van der Waals surface area (Å²) in [5.74, 6) is -0.687. The lowest BCUT2D eigenvalue weighted by atomic mass is 10.1. The highest BCUT2D eigenvalue weighted by atomic mass is 19.1. The fourth-order valence-corrected chi connectivity index (χ4v) is 2.23. The predicted molar refractivity (Wildman–Crippen MR) is 90.5 cm³/mol. The van der Waals surface area contributed by atoms with Crippen LogP contribution in [0.5, 0.6) is 0 Å². The van der Waals surface area contributed by atoms with Gasteiger partial charge in [0.15, 0.2) is 0 Å². The van der Waals surface area contributed by atoms with Gasteiger partial charge < -0.3 is 10.6 Å². The average Bonchev–Trinajstić information content (AvgIpc) is 2.56. The Balaban J connectivity index is 1.83. The molecular weight excluding hydrogens is 291 g/mol. The van der Waals surface area contributed by atoms with Crippen molar-refractivity contribution in [1.29, 1.82) is 0 Å². The fourth-order valence-electron chi connectivity index (χ4n) is 2.23. The summed E-state index contributed by atoms with van der Waals surface area (Å²) in [4.78, 5) is 12.5. The highest BCUT2D eigenvalue weighted by molar-refractivity contribution is 6.08. The van der Waals surface area contributed by atoms with E-state index >= 15 is 0 Å². The molecule has 2 N–H and O–H groups in total. The number of rotatable bonds is 4. The summed E-state index contributed by atoms with van der Waals surface area (Å²) in [5.41, 5.74) is 2.48. The molecule has 0 spiro atoms. The largest absolute Gasteiger partial charge is 0.355 e. The third kappa shape index (κ3) is 3.74. The first-order valence-electron chi connectivity index (χ1n) is 7.20. The lowest BCUT2D eigenvalue weighted by Crippen LogP contribution is -2.13. The highest BCUT2D eigenvalue weighted by Crippen LogP contribution is 2.22. The molecule has 0 aromatic heterocycles. The molecule has 3 aromatic rings. The van der Waals surface area contributed by atoms with Crippen LogP contribution in [-0.4, -0.2) is 5.91 Å². The molecule has 0 bridgehead atoms. The lowest BCUT2D eigenvalue weighted by Gasteiger charge is -2.12. The van der Waals surface area contributed by atoms with Crippen LogP contribution in [0.25, 0.3) is 0 Å². The number of benzene rings is 3. The summed E-state index contributed by atoms with van der Waals surface area (Å²) in [6.07, 6.45) is 0. The van der Waals surface area contributed by atoms with Gasteiger partial charge in [-0.05, 0) is 42.5 Å². The van der Waals surface area contributed by atoms with E-state index in [1.165, 1.54) is 12.1 Å². The molecule has 0 heterocycles. The minimum atomic E-state index is -0.390. The van der Waals surface area contributed by atoms with E-state index in [0.29, 0.717) is 16.9 Å². The third-order valence-corrected chi connectivity index (χ3v) is 3.31. The van der Waals surface area contributed by atoms with Gasteiger partial charge in [-0.25, -0.2) is 4.39 Å². The van der Waals surface area contributed by atoms with Crippen molar-refractivity contribution in [3.05, 3.63) is 90.2 Å². The molecule has 0 atom stereocenters. The number of hydrogen-bond acceptors (Lipinski definition) is 2. The summed E-state index contributed by atoms with van der Waals surface area (Å²) < 4.78 is 13.2. The molecule has 0 saturated heterocycles. The quantitative estimate of drug-likeness (QED) is 0.725. The van der Waals surface area contributed by atoms with Crippen molar-refractivity contribution in [2.75, 3.05) is 10.6 Å². The number of nitrogens with one attached hydrogen (secondary N) is 2. The first kappa shape index (κ1) is 14.8. The van der Waals surface area contributed by atoms with E-state index in [2.05, 4.69) is 10.6 Å². The van der Waals surface area contributed by atoms with Crippen LogP contribution in [0.2, 0.25) is 0 Å². The van der Waals surface area contributed by atoms with Crippen LogP contribution in [0.4, 0.5) is 21.5 Å². The molecule has 0 aliphatic carbocycles.